The molecule has 11 heteroatoms. The zero-order valence-corrected chi connectivity index (χ0v) is 24.3. The Labute approximate surface area is 249 Å². The summed E-state index contributed by atoms with van der Waals surface area (Å²) in [6.45, 7) is 3.06. The maximum Gasteiger partial charge on any atom is 0.280 e. The fourth-order valence-corrected chi connectivity index (χ4v) is 6.05. The van der Waals surface area contributed by atoms with Gasteiger partial charge in [0.15, 0.2) is 5.65 Å². The van der Waals surface area contributed by atoms with Crippen LogP contribution in [0.1, 0.15) is 64.4 Å². The van der Waals surface area contributed by atoms with E-state index in [1.165, 1.54) is 30.6 Å². The molecule has 1 aliphatic carbocycles. The maximum atomic E-state index is 13.3. The number of carbonyl (C=O) groups is 2. The average Bonchev–Trinajstić information content (AvgIpc) is 3.73. The highest BCUT2D eigenvalue weighted by Crippen LogP contribution is 2.26. The molecular formula is C32H35N7O4. The first-order chi connectivity index (χ1) is 20.9. The van der Waals surface area contributed by atoms with Gasteiger partial charge in [0.25, 0.3) is 11.8 Å². The second kappa shape index (κ2) is 12.3. The molecule has 6 rings (SSSR count). The third kappa shape index (κ3) is 5.86. The van der Waals surface area contributed by atoms with E-state index < -0.39 is 11.3 Å². The Hall–Kier alpha value is -4.61. The molecule has 3 heterocycles. The lowest BCUT2D eigenvalue weighted by atomic mass is 10.0. The first kappa shape index (κ1) is 28.5. The number of hydroxylamine groups is 1. The van der Waals surface area contributed by atoms with Gasteiger partial charge in [-0.05, 0) is 86.5 Å². The molecule has 0 bridgehead atoms. The van der Waals surface area contributed by atoms with E-state index in [2.05, 4.69) is 45.5 Å². The van der Waals surface area contributed by atoms with Gasteiger partial charge in [0.05, 0.1) is 12.5 Å². The van der Waals surface area contributed by atoms with Crippen molar-refractivity contribution >= 4 is 34.5 Å². The lowest BCUT2D eigenvalue weighted by molar-refractivity contribution is 0.0536. The highest BCUT2D eigenvalue weighted by Gasteiger charge is 2.25. The van der Waals surface area contributed by atoms with Crippen LogP contribution in [0.3, 0.4) is 0 Å². The molecule has 1 fully saturated rings. The molecule has 4 N–H and O–H groups in total. The van der Waals surface area contributed by atoms with Gasteiger partial charge in [0, 0.05) is 41.4 Å². The van der Waals surface area contributed by atoms with Crippen molar-refractivity contribution in [2.24, 2.45) is 0 Å². The van der Waals surface area contributed by atoms with Crippen LogP contribution in [-0.4, -0.2) is 52.1 Å². The highest BCUT2D eigenvalue weighted by molar-refractivity contribution is 5.97. The van der Waals surface area contributed by atoms with E-state index in [0.29, 0.717) is 16.9 Å². The molecule has 2 aromatic heterocycles. The zero-order chi connectivity index (χ0) is 29.9. The fraction of sp³-hybridized carbons (Fsp3) is 0.344. The number of hydrogen-bond acceptors (Lipinski definition) is 8. The molecule has 0 radical (unpaired) electrons. The van der Waals surface area contributed by atoms with Crippen LogP contribution in [0, 0.1) is 0 Å². The minimum absolute atomic E-state index is 0.0576. The third-order valence-electron chi connectivity index (χ3n) is 8.27. The number of rotatable bonds is 9. The van der Waals surface area contributed by atoms with Crippen molar-refractivity contribution in [1.29, 1.82) is 0 Å². The minimum atomic E-state index is -0.657. The summed E-state index contributed by atoms with van der Waals surface area (Å²) in [5.41, 5.74) is 6.46. The molecule has 43 heavy (non-hydrogen) atoms. The van der Waals surface area contributed by atoms with E-state index in [1.807, 2.05) is 12.1 Å². The summed E-state index contributed by atoms with van der Waals surface area (Å²) in [6, 6.07) is 13.6. The number of aromatic nitrogens is 3. The lowest BCUT2D eigenvalue weighted by Crippen LogP contribution is -2.47. The predicted octanol–water partition coefficient (Wildman–Crippen LogP) is 3.56. The number of anilines is 2. The molecule has 0 saturated carbocycles. The van der Waals surface area contributed by atoms with Crippen LogP contribution >= 0.6 is 0 Å². The monoisotopic (exact) mass is 581 g/mol. The Bertz CT molecular complexity index is 1750. The van der Waals surface area contributed by atoms with Gasteiger partial charge in [-0.2, -0.15) is 4.98 Å². The first-order valence-electron chi connectivity index (χ1n) is 14.7. The van der Waals surface area contributed by atoms with Crippen LogP contribution < -0.4 is 26.9 Å². The Kier molecular flexibility index (Phi) is 8.17. The molecule has 11 nitrogen and oxygen atoms in total. The van der Waals surface area contributed by atoms with Crippen molar-refractivity contribution < 1.29 is 14.4 Å². The number of amides is 2. The van der Waals surface area contributed by atoms with Crippen LogP contribution in [0.25, 0.3) is 16.7 Å². The van der Waals surface area contributed by atoms with Gasteiger partial charge < -0.3 is 20.5 Å². The Morgan fingerprint density at radius 1 is 1.12 bits per heavy atom. The molecule has 2 unspecified atom stereocenters. The number of aryl methyl sites for hydroxylation is 2. The van der Waals surface area contributed by atoms with Crippen LogP contribution in [-0.2, 0) is 17.7 Å². The lowest BCUT2D eigenvalue weighted by Gasteiger charge is -2.23. The van der Waals surface area contributed by atoms with Gasteiger partial charge in [-0.1, -0.05) is 19.1 Å². The van der Waals surface area contributed by atoms with Crippen LogP contribution in [0.15, 0.2) is 59.7 Å². The number of hydrogen-bond donors (Lipinski definition) is 4. The summed E-state index contributed by atoms with van der Waals surface area (Å²) in [7, 11) is 1.31. The molecule has 2 aliphatic rings. The molecular weight excluding hydrogens is 546 g/mol. The van der Waals surface area contributed by atoms with Gasteiger partial charge in [-0.25, -0.2) is 10.5 Å². The van der Waals surface area contributed by atoms with E-state index in [4.69, 9.17) is 9.82 Å². The minimum Gasteiger partial charge on any atom is -0.348 e. The van der Waals surface area contributed by atoms with Crippen LogP contribution in [0.4, 0.5) is 11.6 Å². The van der Waals surface area contributed by atoms with E-state index >= 15 is 0 Å². The van der Waals surface area contributed by atoms with E-state index in [-0.39, 0.29) is 34.9 Å². The summed E-state index contributed by atoms with van der Waals surface area (Å²) in [4.78, 5) is 53.0. The quantitative estimate of drug-likeness (QED) is 0.220. The third-order valence-corrected chi connectivity index (χ3v) is 8.27. The summed E-state index contributed by atoms with van der Waals surface area (Å²) in [5, 5.41) is 10.0. The number of pyridine rings is 1. The Morgan fingerprint density at radius 2 is 1.98 bits per heavy atom. The molecule has 1 saturated heterocycles. The van der Waals surface area contributed by atoms with Gasteiger partial charge in [0.1, 0.15) is 5.56 Å². The van der Waals surface area contributed by atoms with Gasteiger partial charge in [0.2, 0.25) is 11.4 Å². The molecule has 2 aromatic carbocycles. The van der Waals surface area contributed by atoms with E-state index in [0.717, 1.165) is 50.8 Å². The summed E-state index contributed by atoms with van der Waals surface area (Å²) in [6.07, 6.45) is 9.01. The highest BCUT2D eigenvalue weighted by atomic mass is 16.6. The van der Waals surface area contributed by atoms with E-state index in [9.17, 15) is 14.4 Å². The van der Waals surface area contributed by atoms with Crippen LogP contribution in [0.5, 0.6) is 0 Å². The standard InChI is InChI=1S/C32H35N7O4/c1-3-26(27-11-6-14-33-27)36-30(41)21-9-5-10-22(15-21)35-32-34-17-24-28(40)25(31(42)38-43-2)18-39(29(24)37-32)23-13-12-19-7-4-8-20(19)16-23/h5,9-10,12-13,15-18,26-27,33H,3-4,6-8,11,14H2,1-2H3,(H,36,41)(H,38,42)(H,34,35,37). The normalized spacial score (nSPS) is 16.6. The van der Waals surface area contributed by atoms with Gasteiger partial charge >= 0.3 is 0 Å². The number of fused-ring (bicyclic) bond motifs is 2. The Morgan fingerprint density at radius 3 is 2.77 bits per heavy atom. The van der Waals surface area contributed by atoms with Crippen molar-refractivity contribution in [3.8, 4) is 5.69 Å². The average molecular weight is 582 g/mol. The molecule has 2 atom stereocenters. The molecule has 4 aromatic rings. The van der Waals surface area contributed by atoms with Crippen molar-refractivity contribution in [3.63, 3.8) is 0 Å². The second-order valence-corrected chi connectivity index (χ2v) is 11.0. The van der Waals surface area contributed by atoms with E-state index in [1.54, 1.807) is 22.8 Å². The number of nitrogens with zero attached hydrogens (tertiary/aromatic N) is 3. The van der Waals surface area contributed by atoms with Gasteiger partial charge in [-0.15, -0.1) is 0 Å². The van der Waals surface area contributed by atoms with Gasteiger partial charge in [-0.3, -0.25) is 19.2 Å². The largest absolute Gasteiger partial charge is 0.348 e. The fourth-order valence-electron chi connectivity index (χ4n) is 6.05. The molecule has 2 amide bonds. The zero-order valence-electron chi connectivity index (χ0n) is 24.3. The first-order valence-corrected chi connectivity index (χ1v) is 14.7. The summed E-state index contributed by atoms with van der Waals surface area (Å²) >= 11 is 0. The van der Waals surface area contributed by atoms with Crippen molar-refractivity contribution in [1.82, 2.24) is 30.6 Å². The number of carbonyl (C=O) groups excluding carboxylic acids is 2. The maximum absolute atomic E-state index is 13.3. The SMILES string of the molecule is CCC(NC(=O)c1cccc(Nc2ncc3c(=O)c(C(=O)NOC)cn(-c4ccc5c(c4)CCC5)c3n2)c1)C1CCCN1. The summed E-state index contributed by atoms with van der Waals surface area (Å²) < 4.78 is 1.73. The van der Waals surface area contributed by atoms with Crippen LogP contribution in [0.2, 0.25) is 0 Å². The Balaban J connectivity index is 1.33. The second-order valence-electron chi connectivity index (χ2n) is 11.0. The number of benzene rings is 2. The van der Waals surface area contributed by atoms with Crippen molar-refractivity contribution in [2.45, 2.75) is 57.5 Å². The molecule has 222 valence electrons. The molecule has 0 spiro atoms. The van der Waals surface area contributed by atoms with Crippen molar-refractivity contribution in [3.05, 3.63) is 87.3 Å². The number of nitrogens with one attached hydrogen (secondary N) is 4. The van der Waals surface area contributed by atoms with Crippen molar-refractivity contribution in [2.75, 3.05) is 19.0 Å². The smallest absolute Gasteiger partial charge is 0.280 e. The summed E-state index contributed by atoms with van der Waals surface area (Å²) in [5.74, 6) is -0.554. The molecule has 1 aliphatic heterocycles. The topological polar surface area (TPSA) is 139 Å². The predicted molar refractivity (Wildman–Crippen MR) is 164 cm³/mol.